The van der Waals surface area contributed by atoms with Crippen LogP contribution in [-0.2, 0) is 0 Å². The van der Waals surface area contributed by atoms with Crippen molar-refractivity contribution in [2.75, 3.05) is 11.9 Å². The summed E-state index contributed by atoms with van der Waals surface area (Å²) in [6.45, 7) is 5.01. The lowest BCUT2D eigenvalue weighted by atomic mass is 10.0. The summed E-state index contributed by atoms with van der Waals surface area (Å²) in [6, 6.07) is 6.25. The summed E-state index contributed by atoms with van der Waals surface area (Å²) in [5.41, 5.74) is 4.36. The van der Waals surface area contributed by atoms with Crippen LogP contribution in [0.2, 0.25) is 0 Å². The van der Waals surface area contributed by atoms with Crippen molar-refractivity contribution in [1.29, 1.82) is 0 Å². The Morgan fingerprint density at radius 1 is 1.33 bits per heavy atom. The second-order valence-corrected chi connectivity index (χ2v) is 7.19. The topological polar surface area (TPSA) is 71.3 Å². The first kappa shape index (κ1) is 17.5. The number of nitrogens with zero attached hydrogens (tertiary/aromatic N) is 3. The molecule has 27 heavy (non-hydrogen) atoms. The zero-order chi connectivity index (χ0) is 18.8. The molecule has 0 atom stereocenters. The van der Waals surface area contributed by atoms with Gasteiger partial charge >= 0.3 is 0 Å². The van der Waals surface area contributed by atoms with E-state index in [0.29, 0.717) is 6.04 Å². The number of aromatic nitrogens is 3. The van der Waals surface area contributed by atoms with E-state index in [1.807, 2.05) is 41.9 Å². The molecule has 3 aromatic rings. The van der Waals surface area contributed by atoms with Crippen molar-refractivity contribution < 1.29 is 4.79 Å². The van der Waals surface area contributed by atoms with Crippen molar-refractivity contribution >= 4 is 17.4 Å². The summed E-state index contributed by atoms with van der Waals surface area (Å²) >= 11 is 0. The van der Waals surface area contributed by atoms with Gasteiger partial charge in [0.25, 0.3) is 5.91 Å². The van der Waals surface area contributed by atoms with E-state index in [1.165, 1.54) is 0 Å². The van der Waals surface area contributed by atoms with Crippen molar-refractivity contribution in [2.24, 2.45) is 0 Å². The molecule has 0 bridgehead atoms. The first-order valence-corrected chi connectivity index (χ1v) is 9.65. The molecule has 1 aliphatic rings. The van der Waals surface area contributed by atoms with Gasteiger partial charge in [0, 0.05) is 42.3 Å². The molecule has 1 aromatic carbocycles. The third-order valence-corrected chi connectivity index (χ3v) is 4.88. The summed E-state index contributed by atoms with van der Waals surface area (Å²) in [7, 11) is 0. The van der Waals surface area contributed by atoms with Gasteiger partial charge in [0.1, 0.15) is 0 Å². The van der Waals surface area contributed by atoms with Crippen LogP contribution in [0.25, 0.3) is 16.9 Å². The molecule has 1 amide bonds. The largest absolute Gasteiger partial charge is 0.367 e. The average Bonchev–Trinajstić information content (AvgIpc) is 3.34. The lowest BCUT2D eigenvalue weighted by molar-refractivity contribution is 0.0950. The summed E-state index contributed by atoms with van der Waals surface area (Å²) in [4.78, 5) is 21.6. The number of benzene rings is 1. The van der Waals surface area contributed by atoms with Gasteiger partial charge in [-0.2, -0.15) is 0 Å². The van der Waals surface area contributed by atoms with Crippen LogP contribution in [0.3, 0.4) is 0 Å². The lowest BCUT2D eigenvalue weighted by Gasteiger charge is -2.12. The van der Waals surface area contributed by atoms with E-state index in [-0.39, 0.29) is 5.91 Å². The van der Waals surface area contributed by atoms with E-state index in [4.69, 9.17) is 4.98 Å². The molecule has 0 spiro atoms. The molecule has 1 fully saturated rings. The van der Waals surface area contributed by atoms with E-state index in [0.717, 1.165) is 66.1 Å². The van der Waals surface area contributed by atoms with Crippen LogP contribution in [-0.4, -0.2) is 32.9 Å². The molecule has 140 valence electrons. The van der Waals surface area contributed by atoms with Crippen LogP contribution in [0.15, 0.2) is 36.8 Å². The lowest BCUT2D eigenvalue weighted by Crippen LogP contribution is -2.26. The van der Waals surface area contributed by atoms with Crippen LogP contribution >= 0.6 is 0 Å². The molecule has 0 unspecified atom stereocenters. The summed E-state index contributed by atoms with van der Waals surface area (Å²) in [5, 5.41) is 6.45. The number of carbonyl (C=O) groups excluding carboxylic acids is 1. The summed E-state index contributed by atoms with van der Waals surface area (Å²) < 4.78 is 1.99. The molecular weight excluding hydrogens is 338 g/mol. The molecular formula is C21H25N5O. The number of anilines is 1. The highest BCUT2D eigenvalue weighted by Crippen LogP contribution is 2.25. The fraction of sp³-hybridized carbons (Fsp3) is 0.381. The van der Waals surface area contributed by atoms with Gasteiger partial charge in [-0.1, -0.05) is 19.4 Å². The van der Waals surface area contributed by atoms with Crippen LogP contribution in [0.5, 0.6) is 0 Å². The summed E-state index contributed by atoms with van der Waals surface area (Å²) in [5.74, 6) is 0.806. The zero-order valence-corrected chi connectivity index (χ0v) is 15.8. The maximum absolute atomic E-state index is 12.4. The molecule has 2 N–H and O–H groups in total. The Labute approximate surface area is 159 Å². The number of amides is 1. The number of hydrogen-bond donors (Lipinski definition) is 2. The average molecular weight is 363 g/mol. The Bertz CT molecular complexity index is 974. The van der Waals surface area contributed by atoms with Gasteiger partial charge < -0.3 is 15.0 Å². The minimum absolute atomic E-state index is 0.0153. The van der Waals surface area contributed by atoms with E-state index in [1.54, 1.807) is 6.20 Å². The Hall–Kier alpha value is -2.89. The number of hydrogen-bond acceptors (Lipinski definition) is 4. The number of rotatable bonds is 7. The van der Waals surface area contributed by atoms with Gasteiger partial charge in [0.15, 0.2) is 11.5 Å². The van der Waals surface area contributed by atoms with E-state index >= 15 is 0 Å². The minimum atomic E-state index is 0.0153. The van der Waals surface area contributed by atoms with Crippen LogP contribution < -0.4 is 10.6 Å². The number of nitrogens with one attached hydrogen (secondary N) is 2. The number of imidazole rings is 1. The van der Waals surface area contributed by atoms with E-state index in [9.17, 15) is 4.79 Å². The second kappa shape index (κ2) is 7.39. The van der Waals surface area contributed by atoms with E-state index < -0.39 is 0 Å². The Balaban J connectivity index is 1.64. The molecule has 2 aromatic heterocycles. The van der Waals surface area contributed by atoms with Gasteiger partial charge in [-0.15, -0.1) is 0 Å². The molecule has 2 heterocycles. The molecule has 1 saturated carbocycles. The van der Waals surface area contributed by atoms with Crippen molar-refractivity contribution in [2.45, 2.75) is 45.6 Å². The molecule has 0 saturated heterocycles. The van der Waals surface area contributed by atoms with Gasteiger partial charge in [0.2, 0.25) is 0 Å². The molecule has 0 radical (unpaired) electrons. The standard InChI is InChI=1S/C21H25N5O/c1-3-4-9-22-19-20-23-10-11-26(20)13-18(25-19)15-5-8-17(14(2)12-15)21(27)24-16-6-7-16/h5,8,10-13,16H,3-4,6-7,9H2,1-2H3,(H,22,25)(H,24,27). The highest BCUT2D eigenvalue weighted by atomic mass is 16.1. The number of unbranched alkanes of at least 4 members (excludes halogenated alkanes) is 1. The van der Waals surface area contributed by atoms with Gasteiger partial charge in [0.05, 0.1) is 5.69 Å². The summed E-state index contributed by atoms with van der Waals surface area (Å²) in [6.07, 6.45) is 10.1. The maximum atomic E-state index is 12.4. The molecule has 1 aliphatic carbocycles. The number of carbonyl (C=O) groups is 1. The van der Waals surface area contributed by atoms with Crippen molar-refractivity contribution in [3.8, 4) is 11.3 Å². The molecule has 6 heteroatoms. The fourth-order valence-corrected chi connectivity index (χ4v) is 3.14. The fourth-order valence-electron chi connectivity index (χ4n) is 3.14. The van der Waals surface area contributed by atoms with Crippen LogP contribution in [0, 0.1) is 6.92 Å². The third kappa shape index (κ3) is 3.79. The molecule has 6 nitrogen and oxygen atoms in total. The SMILES string of the molecule is CCCCNc1nc(-c2ccc(C(=O)NC3CC3)c(C)c2)cn2ccnc12. The third-order valence-electron chi connectivity index (χ3n) is 4.88. The van der Waals surface area contributed by atoms with Crippen molar-refractivity contribution in [3.05, 3.63) is 47.9 Å². The van der Waals surface area contributed by atoms with Crippen molar-refractivity contribution in [1.82, 2.24) is 19.7 Å². The first-order valence-electron chi connectivity index (χ1n) is 9.65. The highest BCUT2D eigenvalue weighted by molar-refractivity contribution is 5.96. The monoisotopic (exact) mass is 363 g/mol. The second-order valence-electron chi connectivity index (χ2n) is 7.19. The van der Waals surface area contributed by atoms with Gasteiger partial charge in [-0.05, 0) is 43.9 Å². The number of fused-ring (bicyclic) bond motifs is 1. The Kier molecular flexibility index (Phi) is 4.79. The predicted octanol–water partition coefficient (Wildman–Crippen LogP) is 3.81. The Morgan fingerprint density at radius 3 is 2.93 bits per heavy atom. The highest BCUT2D eigenvalue weighted by Gasteiger charge is 2.24. The molecule has 4 rings (SSSR count). The van der Waals surface area contributed by atoms with Crippen LogP contribution in [0.1, 0.15) is 48.5 Å². The number of aryl methyl sites for hydroxylation is 1. The zero-order valence-electron chi connectivity index (χ0n) is 15.8. The van der Waals surface area contributed by atoms with Gasteiger partial charge in [-0.3, -0.25) is 4.79 Å². The maximum Gasteiger partial charge on any atom is 0.251 e. The smallest absolute Gasteiger partial charge is 0.251 e. The minimum Gasteiger partial charge on any atom is -0.367 e. The predicted molar refractivity (Wildman–Crippen MR) is 107 cm³/mol. The first-order chi connectivity index (χ1) is 13.2. The quantitative estimate of drug-likeness (QED) is 0.626. The van der Waals surface area contributed by atoms with E-state index in [2.05, 4.69) is 22.5 Å². The molecule has 0 aliphatic heterocycles. The van der Waals surface area contributed by atoms with Crippen molar-refractivity contribution in [3.63, 3.8) is 0 Å². The van der Waals surface area contributed by atoms with Gasteiger partial charge in [-0.25, -0.2) is 9.97 Å². The normalized spacial score (nSPS) is 13.7. The van der Waals surface area contributed by atoms with Crippen LogP contribution in [0.4, 0.5) is 5.82 Å². The Morgan fingerprint density at radius 2 is 2.19 bits per heavy atom.